The molecule has 0 radical (unpaired) electrons. The first-order valence-electron chi connectivity index (χ1n) is 34.5. The minimum atomic E-state index is -4.69. The Morgan fingerprint density at radius 1 is 0.602 bits per heavy atom. The van der Waals surface area contributed by atoms with Crippen LogP contribution in [0.15, 0.2) is 91.5 Å². The summed E-state index contributed by atoms with van der Waals surface area (Å²) in [5, 5.41) is 11.1. The lowest BCUT2D eigenvalue weighted by molar-refractivity contribution is -0.150. The molecule has 0 aromatic heterocycles. The smallest absolute Gasteiger partial charge is 0.416 e. The average Bonchev–Trinajstić information content (AvgIpc) is 1.78. The maximum atomic E-state index is 15.5. The fraction of sp³-hybridized carbons (Fsp3) is 0.548. The van der Waals surface area contributed by atoms with Crippen molar-refractivity contribution < 1.29 is 80.2 Å². The normalized spacial score (nSPS) is 22.9. The Labute approximate surface area is 605 Å². The van der Waals surface area contributed by atoms with Gasteiger partial charge in [0.05, 0.1) is 31.6 Å². The third-order valence-electron chi connectivity index (χ3n) is 18.8. The van der Waals surface area contributed by atoms with Crippen molar-refractivity contribution in [3.05, 3.63) is 119 Å². The van der Waals surface area contributed by atoms with E-state index in [-0.39, 0.29) is 44.6 Å². The second-order valence-corrected chi connectivity index (χ2v) is 27.5. The van der Waals surface area contributed by atoms with Crippen LogP contribution in [-0.4, -0.2) is 253 Å². The SMILES string of the molecule is C=CCOC(=O)CC[C@@H]1NC(=O)[C@H](CCc2ccc(C(F)(F)F)cc2)NC(=O)CN(C)C(=O)[C@H](Cc2ccc(Cl)cc2)N(C)C(=O)CN(C)C(=O)CN(C)C(=O)[C@H]([C@@H](C)CC)NC(=O)[C@H](C)N(C)C(=O)C[C@@H](C(=O)N2CCCC2)NC(=O)[C@H](CC(C)C)N(C)C(=O)[C@H](Cc2ccccc2)N(C)C1=O. The van der Waals surface area contributed by atoms with Gasteiger partial charge in [0.15, 0.2) is 0 Å². The molecule has 5 rings (SSSR count). The fourth-order valence-corrected chi connectivity index (χ4v) is 12.0. The highest BCUT2D eigenvalue weighted by Crippen LogP contribution is 2.30. The summed E-state index contributed by atoms with van der Waals surface area (Å²) < 4.78 is 46.5. The summed E-state index contributed by atoms with van der Waals surface area (Å²) in [5.41, 5.74) is 0.383. The van der Waals surface area contributed by atoms with E-state index in [0.29, 0.717) is 54.1 Å². The largest absolute Gasteiger partial charge is 0.461 e. The Morgan fingerprint density at radius 3 is 1.75 bits per heavy atom. The van der Waals surface area contributed by atoms with Crippen molar-refractivity contribution in [2.45, 2.75) is 160 Å². The van der Waals surface area contributed by atoms with E-state index in [9.17, 15) is 56.3 Å². The van der Waals surface area contributed by atoms with E-state index in [1.54, 1.807) is 82.3 Å². The van der Waals surface area contributed by atoms with Crippen molar-refractivity contribution in [1.29, 1.82) is 0 Å². The number of carbonyl (C=O) groups is 13. The number of nitrogens with zero attached hydrogens (tertiary/aromatic N) is 8. The van der Waals surface area contributed by atoms with Crippen LogP contribution in [0.25, 0.3) is 0 Å². The van der Waals surface area contributed by atoms with E-state index in [2.05, 4.69) is 27.8 Å². The molecule has 2 aliphatic heterocycles. The molecule has 103 heavy (non-hydrogen) atoms. The Kier molecular flexibility index (Phi) is 32.1. The van der Waals surface area contributed by atoms with Crippen LogP contribution < -0.4 is 21.3 Å². The van der Waals surface area contributed by atoms with Gasteiger partial charge >= 0.3 is 12.1 Å². The monoisotopic (exact) mass is 1460 g/mol. The van der Waals surface area contributed by atoms with Crippen LogP contribution in [0.5, 0.6) is 0 Å². The van der Waals surface area contributed by atoms with Gasteiger partial charge in [-0.25, -0.2) is 0 Å². The van der Waals surface area contributed by atoms with Crippen LogP contribution in [-0.2, 0) is 92.5 Å². The van der Waals surface area contributed by atoms with Gasteiger partial charge in [-0.05, 0) is 98.2 Å². The molecule has 0 bridgehead atoms. The molecule has 12 amide bonds. The molecule has 564 valence electrons. The van der Waals surface area contributed by atoms with Crippen molar-refractivity contribution in [1.82, 2.24) is 60.5 Å². The zero-order chi connectivity index (χ0) is 76.7. The molecule has 4 N–H and O–H groups in total. The molecule has 0 spiro atoms. The van der Waals surface area contributed by atoms with Gasteiger partial charge < -0.3 is 65.2 Å². The number of halogens is 4. The summed E-state index contributed by atoms with van der Waals surface area (Å²) in [5.74, 6) is -11.4. The second kappa shape index (κ2) is 39.3. The lowest BCUT2D eigenvalue weighted by atomic mass is 9.97. The molecule has 0 saturated carbocycles. The number of carbonyl (C=O) groups excluding carboxylic acids is 13. The zero-order valence-corrected chi connectivity index (χ0v) is 61.6. The minimum absolute atomic E-state index is 0.0225. The Morgan fingerprint density at radius 2 is 1.17 bits per heavy atom. The lowest BCUT2D eigenvalue weighted by Crippen LogP contribution is -2.61. The number of likely N-dealkylation sites (N-methyl/N-ethyl adjacent to an activating group) is 7. The van der Waals surface area contributed by atoms with E-state index < -0.39 is 182 Å². The van der Waals surface area contributed by atoms with Crippen LogP contribution in [0.1, 0.15) is 108 Å². The van der Waals surface area contributed by atoms with E-state index in [0.717, 1.165) is 46.4 Å². The highest BCUT2D eigenvalue weighted by molar-refractivity contribution is 6.30. The minimum Gasteiger partial charge on any atom is -0.461 e. The molecule has 0 unspecified atom stereocenters. The number of aryl methyl sites for hydroxylation is 1. The summed E-state index contributed by atoms with van der Waals surface area (Å²) in [6, 6.07) is 7.18. The highest BCUT2D eigenvalue weighted by atomic mass is 35.5. The number of nitrogens with one attached hydrogen (secondary N) is 4. The van der Waals surface area contributed by atoms with Crippen molar-refractivity contribution >= 4 is 88.5 Å². The number of alkyl halides is 3. The van der Waals surface area contributed by atoms with Crippen molar-refractivity contribution in [3.63, 3.8) is 0 Å². The van der Waals surface area contributed by atoms with Gasteiger partial charge in [0.1, 0.15) is 54.9 Å². The average molecular weight is 1460 g/mol. The number of hydrogen-bond acceptors (Lipinski definition) is 14. The molecule has 3 aromatic carbocycles. The molecule has 2 heterocycles. The summed E-state index contributed by atoms with van der Waals surface area (Å²) in [7, 11) is 9.13. The lowest BCUT2D eigenvalue weighted by Gasteiger charge is -2.37. The highest BCUT2D eigenvalue weighted by Gasteiger charge is 2.42. The van der Waals surface area contributed by atoms with Crippen LogP contribution in [0, 0.1) is 11.8 Å². The van der Waals surface area contributed by atoms with Crippen molar-refractivity contribution in [2.24, 2.45) is 11.8 Å². The fourth-order valence-electron chi connectivity index (χ4n) is 11.9. The molecule has 2 saturated heterocycles. The van der Waals surface area contributed by atoms with Crippen LogP contribution in [0.3, 0.4) is 0 Å². The van der Waals surface area contributed by atoms with E-state index in [1.165, 1.54) is 79.4 Å². The molecular weight excluding hydrogens is 1360 g/mol. The second-order valence-electron chi connectivity index (χ2n) is 27.0. The summed E-state index contributed by atoms with van der Waals surface area (Å²) in [6.07, 6.45) is -4.29. The van der Waals surface area contributed by atoms with Crippen molar-refractivity contribution in [2.75, 3.05) is 88.7 Å². The van der Waals surface area contributed by atoms with Crippen LogP contribution in [0.4, 0.5) is 13.2 Å². The zero-order valence-electron chi connectivity index (χ0n) is 60.9. The number of benzene rings is 3. The third-order valence-corrected chi connectivity index (χ3v) is 19.0. The predicted octanol–water partition coefficient (Wildman–Crippen LogP) is 4.05. The first-order chi connectivity index (χ1) is 48.5. The van der Waals surface area contributed by atoms with Gasteiger partial charge in [0.25, 0.3) is 0 Å². The van der Waals surface area contributed by atoms with E-state index >= 15 is 19.2 Å². The molecule has 2 aliphatic rings. The van der Waals surface area contributed by atoms with Gasteiger partial charge in [-0.15, -0.1) is 0 Å². The quantitative estimate of drug-likeness (QED) is 0.110. The first-order valence-corrected chi connectivity index (χ1v) is 34.8. The summed E-state index contributed by atoms with van der Waals surface area (Å²) in [6.45, 7) is 10.4. The third kappa shape index (κ3) is 24.6. The number of hydrogen-bond donors (Lipinski definition) is 4. The Hall–Kier alpha value is -9.41. The Bertz CT molecular complexity index is 3490. The van der Waals surface area contributed by atoms with Crippen LogP contribution >= 0.6 is 11.6 Å². The van der Waals surface area contributed by atoms with E-state index in [4.69, 9.17) is 16.3 Å². The topological polar surface area (TPSA) is 305 Å². The van der Waals surface area contributed by atoms with Gasteiger partial charge in [0, 0.05) is 86.7 Å². The number of rotatable bonds is 17. The number of esters is 1. The molecule has 2 fully saturated rings. The van der Waals surface area contributed by atoms with E-state index in [1.807, 2.05) is 0 Å². The summed E-state index contributed by atoms with van der Waals surface area (Å²) >= 11 is 6.22. The van der Waals surface area contributed by atoms with Gasteiger partial charge in [0.2, 0.25) is 70.9 Å². The predicted molar refractivity (Wildman–Crippen MR) is 377 cm³/mol. The standard InChI is InChI=1S/C73H100ClF3N12O14/c1-14-37-103-63(94)34-33-54-68(98)88(13)58(39-49-21-17-16-18-22-49)71(101)87(12)56(38-45(3)4)67(97)80-55(69(99)89-35-19-20-36-89)41-60(91)85(10)47(6)65(95)81-64(46(5)15-2)72(102)84(9)43-61(92)82(7)44-62(93)86(11)57(40-50-25-30-52(74)31-26-50)70(100)83(8)42-59(90)78-53(66(96)79-54)32-27-48-23-28-51(29-24-48)73(75,76)77/h14,16-18,21-26,28-31,45-47,53-58,64H,1,15,19-20,27,32-44H2,2-13H3,(H,78,90)(H,79,96)(H,80,97)(H,81,95)/t46-,47-,53-,54-,55-,56-,57-,58-,64-/m0/s1. The number of amides is 12. The Balaban J connectivity index is 1.67. The van der Waals surface area contributed by atoms with Crippen molar-refractivity contribution in [3.8, 4) is 0 Å². The molecule has 3 aromatic rings. The maximum Gasteiger partial charge on any atom is 0.416 e. The summed E-state index contributed by atoms with van der Waals surface area (Å²) in [4.78, 5) is 199. The van der Waals surface area contributed by atoms with Gasteiger partial charge in [-0.1, -0.05) is 113 Å². The molecule has 0 aliphatic carbocycles. The molecule has 26 nitrogen and oxygen atoms in total. The molecule has 30 heteroatoms. The van der Waals surface area contributed by atoms with Crippen LogP contribution in [0.2, 0.25) is 5.02 Å². The first kappa shape index (κ1) is 84.2. The van der Waals surface area contributed by atoms with Gasteiger partial charge in [-0.3, -0.25) is 62.3 Å². The molecule has 9 atom stereocenters. The number of likely N-dealkylation sites (tertiary alicyclic amines) is 1. The van der Waals surface area contributed by atoms with Gasteiger partial charge in [-0.2, -0.15) is 13.2 Å². The maximum absolute atomic E-state index is 15.5. The number of ether oxygens (including phenoxy) is 1. The molecular formula is C73H100ClF3N12O14.